The molecule has 0 aromatic heterocycles. The summed E-state index contributed by atoms with van der Waals surface area (Å²) in [5.41, 5.74) is 3.40. The van der Waals surface area contributed by atoms with E-state index >= 15 is 0 Å². The van der Waals surface area contributed by atoms with Crippen molar-refractivity contribution in [1.82, 2.24) is 5.32 Å². The summed E-state index contributed by atoms with van der Waals surface area (Å²) in [6.45, 7) is 2.10. The summed E-state index contributed by atoms with van der Waals surface area (Å²) in [4.78, 5) is 0. The van der Waals surface area contributed by atoms with Crippen molar-refractivity contribution in [1.29, 1.82) is 0 Å². The third-order valence-electron chi connectivity index (χ3n) is 4.08. The molecule has 2 aromatic rings. The number of benzene rings is 2. The van der Waals surface area contributed by atoms with Gasteiger partial charge in [-0.15, -0.1) is 0 Å². The van der Waals surface area contributed by atoms with Crippen molar-refractivity contribution in [2.45, 2.75) is 31.8 Å². The maximum Gasteiger partial charge on any atom is 0.123 e. The minimum absolute atomic E-state index is 0.153. The average molecular weight is 324 g/mol. The van der Waals surface area contributed by atoms with Crippen molar-refractivity contribution < 1.29 is 4.39 Å². The summed E-state index contributed by atoms with van der Waals surface area (Å²) in [5.74, 6) is -0.160. The van der Waals surface area contributed by atoms with Crippen LogP contribution in [-0.2, 0) is 6.42 Å². The molecule has 0 aliphatic heterocycles. The number of hydrogen-bond donors (Lipinski definition) is 1. The summed E-state index contributed by atoms with van der Waals surface area (Å²) in [6.07, 6.45) is 1.91. The van der Waals surface area contributed by atoms with E-state index in [0.717, 1.165) is 24.0 Å². The second-order valence-electron chi connectivity index (χ2n) is 5.50. The molecule has 0 bridgehead atoms. The van der Waals surface area contributed by atoms with Gasteiger partial charge in [0, 0.05) is 12.1 Å². The SMILES string of the molecule is CC(NC1CCc2cc(F)ccc21)c1ccc(Cl)c(Cl)c1. The minimum atomic E-state index is -0.160. The summed E-state index contributed by atoms with van der Waals surface area (Å²) in [5, 5.41) is 4.72. The topological polar surface area (TPSA) is 12.0 Å². The van der Waals surface area contributed by atoms with Crippen LogP contribution in [0.25, 0.3) is 0 Å². The Kier molecular flexibility index (Phi) is 4.21. The molecule has 3 rings (SSSR count). The predicted octanol–water partition coefficient (Wildman–Crippen LogP) is 5.47. The lowest BCUT2D eigenvalue weighted by Gasteiger charge is -2.21. The monoisotopic (exact) mass is 323 g/mol. The lowest BCUT2D eigenvalue weighted by Crippen LogP contribution is -2.23. The fourth-order valence-corrected chi connectivity index (χ4v) is 3.25. The van der Waals surface area contributed by atoms with Gasteiger partial charge in [0.15, 0.2) is 0 Å². The standard InChI is InChI=1S/C17H16Cl2FN/c1-10(11-2-6-15(18)16(19)9-11)21-17-7-3-12-8-13(20)4-5-14(12)17/h2,4-6,8-10,17,21H,3,7H2,1H3. The van der Waals surface area contributed by atoms with Gasteiger partial charge in [0.1, 0.15) is 5.82 Å². The van der Waals surface area contributed by atoms with Gasteiger partial charge in [-0.3, -0.25) is 0 Å². The molecule has 1 aliphatic rings. The van der Waals surface area contributed by atoms with Gasteiger partial charge in [0.2, 0.25) is 0 Å². The van der Waals surface area contributed by atoms with Crippen LogP contribution in [0.5, 0.6) is 0 Å². The highest BCUT2D eigenvalue weighted by molar-refractivity contribution is 6.42. The summed E-state index contributed by atoms with van der Waals surface area (Å²) in [7, 11) is 0. The number of nitrogens with one attached hydrogen (secondary N) is 1. The van der Waals surface area contributed by atoms with Gasteiger partial charge in [-0.05, 0) is 60.7 Å². The molecule has 0 saturated heterocycles. The van der Waals surface area contributed by atoms with Crippen molar-refractivity contribution in [3.05, 3.63) is 69.0 Å². The van der Waals surface area contributed by atoms with Gasteiger partial charge in [0.25, 0.3) is 0 Å². The maximum absolute atomic E-state index is 13.3. The van der Waals surface area contributed by atoms with Gasteiger partial charge in [-0.25, -0.2) is 4.39 Å². The van der Waals surface area contributed by atoms with E-state index in [1.165, 1.54) is 11.6 Å². The van der Waals surface area contributed by atoms with E-state index in [1.54, 1.807) is 6.07 Å². The molecule has 1 N–H and O–H groups in total. The zero-order valence-corrected chi connectivity index (χ0v) is 13.2. The average Bonchev–Trinajstić information content (AvgIpc) is 2.84. The van der Waals surface area contributed by atoms with Gasteiger partial charge in [0.05, 0.1) is 10.0 Å². The first kappa shape index (κ1) is 14.8. The molecule has 1 aliphatic carbocycles. The van der Waals surface area contributed by atoms with Crippen LogP contribution in [0, 0.1) is 5.82 Å². The van der Waals surface area contributed by atoms with Gasteiger partial charge in [-0.2, -0.15) is 0 Å². The zero-order valence-electron chi connectivity index (χ0n) is 11.7. The number of fused-ring (bicyclic) bond motifs is 1. The third kappa shape index (κ3) is 3.08. The van der Waals surface area contributed by atoms with E-state index < -0.39 is 0 Å². The molecule has 0 spiro atoms. The van der Waals surface area contributed by atoms with Gasteiger partial charge < -0.3 is 5.32 Å². The number of hydrogen-bond acceptors (Lipinski definition) is 1. The van der Waals surface area contributed by atoms with Crippen molar-refractivity contribution >= 4 is 23.2 Å². The second kappa shape index (κ2) is 5.96. The molecular weight excluding hydrogens is 308 g/mol. The Morgan fingerprint density at radius 1 is 1.14 bits per heavy atom. The van der Waals surface area contributed by atoms with E-state index in [0.29, 0.717) is 10.0 Å². The normalized spacial score (nSPS) is 18.6. The quantitative estimate of drug-likeness (QED) is 0.789. The Labute approximate surface area is 134 Å². The Balaban J connectivity index is 1.77. The Hall–Kier alpha value is -1.09. The Morgan fingerprint density at radius 2 is 1.95 bits per heavy atom. The molecule has 0 heterocycles. The van der Waals surface area contributed by atoms with Crippen LogP contribution >= 0.6 is 23.2 Å². The molecule has 2 aromatic carbocycles. The van der Waals surface area contributed by atoms with Crippen LogP contribution in [0.2, 0.25) is 10.0 Å². The fraction of sp³-hybridized carbons (Fsp3) is 0.294. The minimum Gasteiger partial charge on any atom is -0.303 e. The molecule has 0 saturated carbocycles. The summed E-state index contributed by atoms with van der Waals surface area (Å²) in [6, 6.07) is 11.1. The predicted molar refractivity (Wildman–Crippen MR) is 85.5 cm³/mol. The maximum atomic E-state index is 13.3. The van der Waals surface area contributed by atoms with Gasteiger partial charge >= 0.3 is 0 Å². The smallest absolute Gasteiger partial charge is 0.123 e. The van der Waals surface area contributed by atoms with E-state index in [1.807, 2.05) is 24.3 Å². The fourth-order valence-electron chi connectivity index (χ4n) is 2.94. The molecule has 2 atom stereocenters. The van der Waals surface area contributed by atoms with Crippen molar-refractivity contribution in [2.75, 3.05) is 0 Å². The van der Waals surface area contributed by atoms with Crippen molar-refractivity contribution in [3.63, 3.8) is 0 Å². The zero-order chi connectivity index (χ0) is 15.0. The summed E-state index contributed by atoms with van der Waals surface area (Å²) < 4.78 is 13.3. The molecule has 2 unspecified atom stereocenters. The molecule has 110 valence electrons. The van der Waals surface area contributed by atoms with Crippen LogP contribution in [-0.4, -0.2) is 0 Å². The van der Waals surface area contributed by atoms with Crippen molar-refractivity contribution in [2.24, 2.45) is 0 Å². The largest absolute Gasteiger partial charge is 0.303 e. The van der Waals surface area contributed by atoms with Crippen LogP contribution in [0.3, 0.4) is 0 Å². The van der Waals surface area contributed by atoms with Crippen LogP contribution in [0.4, 0.5) is 4.39 Å². The first-order valence-electron chi connectivity index (χ1n) is 7.04. The lowest BCUT2D eigenvalue weighted by atomic mass is 10.0. The van der Waals surface area contributed by atoms with Crippen molar-refractivity contribution in [3.8, 4) is 0 Å². The highest BCUT2D eigenvalue weighted by Crippen LogP contribution is 2.34. The van der Waals surface area contributed by atoms with E-state index in [-0.39, 0.29) is 17.9 Å². The first-order valence-corrected chi connectivity index (χ1v) is 7.79. The molecule has 0 radical (unpaired) electrons. The first-order chi connectivity index (χ1) is 10.0. The van der Waals surface area contributed by atoms with Gasteiger partial charge in [-0.1, -0.05) is 35.3 Å². The highest BCUT2D eigenvalue weighted by Gasteiger charge is 2.24. The van der Waals surface area contributed by atoms with Crippen LogP contribution in [0.1, 0.15) is 42.1 Å². The number of halogens is 3. The molecular formula is C17H16Cl2FN. The lowest BCUT2D eigenvalue weighted by molar-refractivity contribution is 0.465. The highest BCUT2D eigenvalue weighted by atomic mass is 35.5. The molecule has 21 heavy (non-hydrogen) atoms. The summed E-state index contributed by atoms with van der Waals surface area (Å²) >= 11 is 12.0. The van der Waals surface area contributed by atoms with Crippen LogP contribution < -0.4 is 5.32 Å². The molecule has 4 heteroatoms. The number of aryl methyl sites for hydroxylation is 1. The van der Waals surface area contributed by atoms with E-state index in [4.69, 9.17) is 23.2 Å². The Morgan fingerprint density at radius 3 is 2.71 bits per heavy atom. The third-order valence-corrected chi connectivity index (χ3v) is 4.82. The molecule has 0 amide bonds. The van der Waals surface area contributed by atoms with Crippen LogP contribution in [0.15, 0.2) is 36.4 Å². The number of rotatable bonds is 3. The molecule has 0 fully saturated rings. The second-order valence-corrected chi connectivity index (χ2v) is 6.31. The van der Waals surface area contributed by atoms with E-state index in [2.05, 4.69) is 12.2 Å². The van der Waals surface area contributed by atoms with E-state index in [9.17, 15) is 4.39 Å². The Bertz CT molecular complexity index is 672. The molecule has 1 nitrogen and oxygen atoms in total.